The van der Waals surface area contributed by atoms with Crippen LogP contribution in [-0.4, -0.2) is 25.2 Å². The summed E-state index contributed by atoms with van der Waals surface area (Å²) in [5, 5.41) is 8.53. The molecule has 3 aromatic heterocycles. The van der Waals surface area contributed by atoms with Crippen molar-refractivity contribution in [1.82, 2.24) is 24.6 Å². The van der Waals surface area contributed by atoms with Crippen molar-refractivity contribution in [2.24, 2.45) is 0 Å². The Balaban J connectivity index is 1.47. The third-order valence-corrected chi connectivity index (χ3v) is 7.42. The first-order chi connectivity index (χ1) is 18.2. The fourth-order valence-corrected chi connectivity index (χ4v) is 5.46. The fraction of sp³-hybridized carbons (Fsp3) is 0.300. The van der Waals surface area contributed by atoms with Gasteiger partial charge in [-0.1, -0.05) is 29.8 Å². The Morgan fingerprint density at radius 3 is 2.74 bits per heavy atom. The lowest BCUT2D eigenvalue weighted by molar-refractivity contribution is 0.0952. The van der Waals surface area contributed by atoms with Crippen molar-refractivity contribution in [2.45, 2.75) is 59.2 Å². The number of amides is 1. The summed E-state index contributed by atoms with van der Waals surface area (Å²) in [6.07, 6.45) is 13.0. The van der Waals surface area contributed by atoms with Gasteiger partial charge in [0.05, 0.1) is 22.6 Å². The van der Waals surface area contributed by atoms with E-state index in [-0.39, 0.29) is 30.0 Å². The number of halogens is 1. The van der Waals surface area contributed by atoms with Crippen LogP contribution in [0.1, 0.15) is 65.0 Å². The molecule has 4 aromatic rings. The van der Waals surface area contributed by atoms with Crippen LogP contribution in [-0.2, 0) is 13.1 Å². The molecule has 2 N–H and O–H groups in total. The number of aryl methyl sites for hydroxylation is 2. The summed E-state index contributed by atoms with van der Waals surface area (Å²) in [6.45, 7) is 8.78. The minimum absolute atomic E-state index is 0.129. The normalized spacial score (nSPS) is 15.3. The standard InChI is InChI=1S/C30H32ClN5O2/c1-18(2)36-17-26(31)28-24(29(37)32-15-25-19(3)12-20(4)34-30(25)38)13-23(14-27(28)36)22-8-6-21(7-9-22)16-35-11-5-10-33-35/h5-8,10-14,17-18,22H,9,15-16H2,1-4H3,(H,32,37)(H,34,38). The maximum absolute atomic E-state index is 13.6. The van der Waals surface area contributed by atoms with Crippen molar-refractivity contribution >= 4 is 28.4 Å². The molecule has 7 nitrogen and oxygen atoms in total. The van der Waals surface area contributed by atoms with E-state index < -0.39 is 0 Å². The topological polar surface area (TPSA) is 84.7 Å². The van der Waals surface area contributed by atoms with Crippen molar-refractivity contribution in [2.75, 3.05) is 0 Å². The van der Waals surface area contributed by atoms with Crippen molar-refractivity contribution in [1.29, 1.82) is 0 Å². The average molecular weight is 530 g/mol. The number of aromatic amines is 1. The first-order valence-corrected chi connectivity index (χ1v) is 13.2. The molecule has 1 aromatic carbocycles. The lowest BCUT2D eigenvalue weighted by Crippen LogP contribution is -2.28. The van der Waals surface area contributed by atoms with Crippen molar-refractivity contribution in [3.63, 3.8) is 0 Å². The molecule has 8 heteroatoms. The molecular formula is C30H32ClN5O2. The molecule has 5 rings (SSSR count). The highest BCUT2D eigenvalue weighted by atomic mass is 35.5. The lowest BCUT2D eigenvalue weighted by Gasteiger charge is -2.19. The van der Waals surface area contributed by atoms with Gasteiger partial charge >= 0.3 is 0 Å². The third kappa shape index (κ3) is 5.11. The molecule has 38 heavy (non-hydrogen) atoms. The molecule has 1 aliphatic carbocycles. The molecule has 0 saturated carbocycles. The van der Waals surface area contributed by atoms with Gasteiger partial charge in [0.1, 0.15) is 0 Å². The van der Waals surface area contributed by atoms with Crippen LogP contribution in [0.5, 0.6) is 0 Å². The Labute approximate surface area is 226 Å². The van der Waals surface area contributed by atoms with E-state index in [1.807, 2.05) is 49.1 Å². The van der Waals surface area contributed by atoms with Crippen LogP contribution < -0.4 is 10.9 Å². The van der Waals surface area contributed by atoms with Gasteiger partial charge in [-0.3, -0.25) is 14.3 Å². The minimum Gasteiger partial charge on any atom is -0.348 e. The molecule has 3 heterocycles. The third-order valence-electron chi connectivity index (χ3n) is 7.14. The predicted octanol–water partition coefficient (Wildman–Crippen LogP) is 5.98. The van der Waals surface area contributed by atoms with Crippen LogP contribution in [0.2, 0.25) is 5.02 Å². The summed E-state index contributed by atoms with van der Waals surface area (Å²) >= 11 is 6.69. The summed E-state index contributed by atoms with van der Waals surface area (Å²) in [4.78, 5) is 28.9. The van der Waals surface area contributed by atoms with E-state index in [4.69, 9.17) is 11.6 Å². The molecule has 0 fully saturated rings. The van der Waals surface area contributed by atoms with Crippen molar-refractivity contribution in [3.05, 3.63) is 110 Å². The van der Waals surface area contributed by atoms with Crippen LogP contribution in [0, 0.1) is 13.8 Å². The number of carbonyl (C=O) groups is 1. The zero-order chi connectivity index (χ0) is 27.0. The quantitative estimate of drug-likeness (QED) is 0.309. The number of aromatic nitrogens is 4. The molecule has 0 spiro atoms. The number of nitrogens with one attached hydrogen (secondary N) is 2. The van der Waals surface area contributed by atoms with E-state index >= 15 is 0 Å². The van der Waals surface area contributed by atoms with Crippen molar-refractivity contribution in [3.8, 4) is 0 Å². The van der Waals surface area contributed by atoms with Crippen LogP contribution >= 0.6 is 11.6 Å². The Hall–Kier alpha value is -3.84. The van der Waals surface area contributed by atoms with E-state index in [0.717, 1.165) is 40.7 Å². The number of allylic oxidation sites excluding steroid dienone is 4. The Bertz CT molecular complexity index is 1620. The van der Waals surface area contributed by atoms with Gasteiger partial charge in [0.2, 0.25) is 0 Å². The molecule has 196 valence electrons. The van der Waals surface area contributed by atoms with E-state index in [1.165, 1.54) is 5.57 Å². The zero-order valence-corrected chi connectivity index (χ0v) is 22.8. The Kier molecular flexibility index (Phi) is 7.13. The summed E-state index contributed by atoms with van der Waals surface area (Å²) in [6, 6.07) is 8.09. The minimum atomic E-state index is -0.255. The predicted molar refractivity (Wildman–Crippen MR) is 152 cm³/mol. The van der Waals surface area contributed by atoms with E-state index in [0.29, 0.717) is 16.1 Å². The summed E-state index contributed by atoms with van der Waals surface area (Å²) in [5.74, 6) is -0.127. The number of carbonyl (C=O) groups excluding carboxylic acids is 1. The number of rotatable bonds is 7. The SMILES string of the molecule is Cc1cc(C)c(CNC(=O)c2cc(C3C=CC(Cn4cccn4)=CC3)cc3c2c(Cl)cn3C(C)C)c(=O)[nH]1. The lowest BCUT2D eigenvalue weighted by atomic mass is 9.88. The van der Waals surface area contributed by atoms with E-state index in [1.54, 1.807) is 6.20 Å². The number of hydrogen-bond acceptors (Lipinski definition) is 3. The number of nitrogens with zero attached hydrogens (tertiary/aromatic N) is 3. The highest BCUT2D eigenvalue weighted by molar-refractivity contribution is 6.37. The van der Waals surface area contributed by atoms with Gasteiger partial charge in [0, 0.05) is 53.7 Å². The van der Waals surface area contributed by atoms with Gasteiger partial charge in [0.15, 0.2) is 0 Å². The zero-order valence-electron chi connectivity index (χ0n) is 22.1. The highest BCUT2D eigenvalue weighted by Gasteiger charge is 2.22. The smallest absolute Gasteiger partial charge is 0.253 e. The molecule has 0 aliphatic heterocycles. The Morgan fingerprint density at radius 1 is 1.26 bits per heavy atom. The van der Waals surface area contributed by atoms with Gasteiger partial charge in [-0.25, -0.2) is 0 Å². The van der Waals surface area contributed by atoms with Gasteiger partial charge in [-0.15, -0.1) is 0 Å². The first kappa shape index (κ1) is 25.8. The number of fused-ring (bicyclic) bond motifs is 1. The second-order valence-electron chi connectivity index (χ2n) is 10.3. The second kappa shape index (κ2) is 10.5. The van der Waals surface area contributed by atoms with E-state index in [9.17, 15) is 9.59 Å². The Morgan fingerprint density at radius 2 is 2.08 bits per heavy atom. The van der Waals surface area contributed by atoms with E-state index in [2.05, 4.69) is 58.1 Å². The molecular weight excluding hydrogens is 498 g/mol. The average Bonchev–Trinajstić information content (AvgIpc) is 3.51. The monoisotopic (exact) mass is 529 g/mol. The van der Waals surface area contributed by atoms with Crippen LogP contribution in [0.25, 0.3) is 10.9 Å². The summed E-state index contributed by atoms with van der Waals surface area (Å²) < 4.78 is 4.02. The first-order valence-electron chi connectivity index (χ1n) is 12.9. The van der Waals surface area contributed by atoms with Crippen LogP contribution in [0.4, 0.5) is 0 Å². The van der Waals surface area contributed by atoms with Crippen LogP contribution in [0.15, 0.2) is 71.5 Å². The molecule has 1 aliphatic rings. The summed E-state index contributed by atoms with van der Waals surface area (Å²) in [7, 11) is 0. The molecule has 1 unspecified atom stereocenters. The molecule has 1 amide bonds. The second-order valence-corrected chi connectivity index (χ2v) is 10.7. The fourth-order valence-electron chi connectivity index (χ4n) is 5.16. The van der Waals surface area contributed by atoms with Gasteiger partial charge in [-0.05, 0) is 75.1 Å². The molecule has 0 saturated heterocycles. The highest BCUT2D eigenvalue weighted by Crippen LogP contribution is 2.36. The molecule has 0 bridgehead atoms. The number of H-pyrrole nitrogens is 1. The summed E-state index contributed by atoms with van der Waals surface area (Å²) in [5.41, 5.74) is 5.70. The molecule has 0 radical (unpaired) electrons. The number of hydrogen-bond donors (Lipinski definition) is 2. The van der Waals surface area contributed by atoms with Crippen LogP contribution in [0.3, 0.4) is 0 Å². The van der Waals surface area contributed by atoms with Gasteiger partial charge < -0.3 is 14.9 Å². The maximum Gasteiger partial charge on any atom is 0.253 e. The van der Waals surface area contributed by atoms with Gasteiger partial charge in [0.25, 0.3) is 11.5 Å². The van der Waals surface area contributed by atoms with Gasteiger partial charge in [-0.2, -0.15) is 5.10 Å². The largest absolute Gasteiger partial charge is 0.348 e. The maximum atomic E-state index is 13.6. The molecule has 1 atom stereocenters. The van der Waals surface area contributed by atoms with Crippen molar-refractivity contribution < 1.29 is 4.79 Å². The number of pyridine rings is 1. The number of benzene rings is 1.